The molecule has 0 aromatic heterocycles. The Morgan fingerprint density at radius 3 is 2.61 bits per heavy atom. The number of aliphatic hydroxyl groups excluding tert-OH is 1. The van der Waals surface area contributed by atoms with Crippen molar-refractivity contribution in [2.75, 3.05) is 24.2 Å². The van der Waals surface area contributed by atoms with Crippen LogP contribution in [-0.2, 0) is 0 Å². The smallest absolute Gasteiger partial charge is 0.0574 e. The molecule has 18 heavy (non-hydrogen) atoms. The van der Waals surface area contributed by atoms with E-state index in [2.05, 4.69) is 5.32 Å². The molecule has 0 amide bonds. The van der Waals surface area contributed by atoms with Crippen LogP contribution in [0.2, 0.25) is 0 Å². The quantitative estimate of drug-likeness (QED) is 0.715. The summed E-state index contributed by atoms with van der Waals surface area (Å²) < 4.78 is 0. The Labute approximate surface area is 108 Å². The summed E-state index contributed by atoms with van der Waals surface area (Å²) >= 11 is 0. The summed E-state index contributed by atoms with van der Waals surface area (Å²) in [5, 5.41) is 13.0. The summed E-state index contributed by atoms with van der Waals surface area (Å²) in [6.07, 6.45) is 3.99. The van der Waals surface area contributed by atoms with Crippen molar-refractivity contribution in [3.05, 3.63) is 24.3 Å². The molecule has 0 spiro atoms. The van der Waals surface area contributed by atoms with Crippen LogP contribution in [0.15, 0.2) is 24.3 Å². The van der Waals surface area contributed by atoms with Crippen molar-refractivity contribution >= 4 is 11.4 Å². The number of nitrogen functional groups attached to an aromatic ring is 1. The van der Waals surface area contributed by atoms with Gasteiger partial charge in [0.2, 0.25) is 0 Å². The largest absolute Gasteiger partial charge is 0.397 e. The normalized spacial score (nSPS) is 33.8. The minimum Gasteiger partial charge on any atom is -0.397 e. The van der Waals surface area contributed by atoms with Gasteiger partial charge in [0.05, 0.1) is 11.4 Å². The molecule has 3 nitrogen and oxygen atoms in total. The van der Waals surface area contributed by atoms with Gasteiger partial charge in [-0.2, -0.15) is 0 Å². The van der Waals surface area contributed by atoms with Gasteiger partial charge in [0.1, 0.15) is 0 Å². The second-order valence-electron chi connectivity index (χ2n) is 5.81. The van der Waals surface area contributed by atoms with E-state index in [9.17, 15) is 5.11 Å². The van der Waals surface area contributed by atoms with E-state index in [0.717, 1.165) is 29.8 Å². The van der Waals surface area contributed by atoms with E-state index >= 15 is 0 Å². The van der Waals surface area contributed by atoms with Crippen LogP contribution in [-0.4, -0.2) is 18.3 Å². The van der Waals surface area contributed by atoms with Crippen molar-refractivity contribution in [3.8, 4) is 0 Å². The van der Waals surface area contributed by atoms with Crippen LogP contribution in [0.4, 0.5) is 11.4 Å². The Hall–Kier alpha value is -1.22. The lowest BCUT2D eigenvalue weighted by Crippen LogP contribution is -2.31. The highest BCUT2D eigenvalue weighted by Crippen LogP contribution is 2.52. The molecule has 2 fully saturated rings. The van der Waals surface area contributed by atoms with E-state index in [1.54, 1.807) is 0 Å². The number of fused-ring (bicyclic) bond motifs is 2. The number of rotatable bonds is 4. The number of benzene rings is 1. The number of hydrogen-bond donors (Lipinski definition) is 3. The standard InChI is InChI=1S/C15H22N2O/c16-14-3-1-2-4-15(14)17-8-12-10-5-6-11(7-10)13(12)9-18/h1-4,10-13,17-18H,5-9,16H2/t10-,11+,12-,13+/m0/s1. The summed E-state index contributed by atoms with van der Waals surface area (Å²) in [6.45, 7) is 1.29. The topological polar surface area (TPSA) is 58.3 Å². The Kier molecular flexibility index (Phi) is 3.16. The fourth-order valence-electron chi connectivity index (χ4n) is 4.02. The first-order valence-corrected chi connectivity index (χ1v) is 6.99. The molecule has 98 valence electrons. The van der Waals surface area contributed by atoms with Gasteiger partial charge in [0.25, 0.3) is 0 Å². The van der Waals surface area contributed by atoms with Crippen LogP contribution in [0.1, 0.15) is 19.3 Å². The summed E-state index contributed by atoms with van der Waals surface area (Å²) in [5.41, 5.74) is 7.77. The Morgan fingerprint density at radius 1 is 1.17 bits per heavy atom. The molecular weight excluding hydrogens is 224 g/mol. The number of para-hydroxylation sites is 2. The van der Waals surface area contributed by atoms with Crippen molar-refractivity contribution < 1.29 is 5.11 Å². The molecule has 2 bridgehead atoms. The molecular formula is C15H22N2O. The predicted octanol–water partition coefficient (Wildman–Crippen LogP) is 2.34. The Morgan fingerprint density at radius 2 is 1.89 bits per heavy atom. The first-order chi connectivity index (χ1) is 8.79. The number of aliphatic hydroxyl groups is 1. The first kappa shape index (κ1) is 11.8. The zero-order valence-electron chi connectivity index (χ0n) is 10.7. The molecule has 4 atom stereocenters. The minimum absolute atomic E-state index is 0.345. The van der Waals surface area contributed by atoms with Crippen LogP contribution in [0, 0.1) is 23.7 Å². The molecule has 3 rings (SSSR count). The Bertz CT molecular complexity index is 421. The molecule has 2 aliphatic rings. The van der Waals surface area contributed by atoms with Crippen LogP contribution in [0.3, 0.4) is 0 Å². The SMILES string of the molecule is Nc1ccccc1NC[C@H]1[C@H]2CC[C@H](C2)[C@H]1CO. The summed E-state index contributed by atoms with van der Waals surface area (Å²) in [5.74, 6) is 2.69. The molecule has 1 aromatic carbocycles. The molecule has 1 aromatic rings. The lowest BCUT2D eigenvalue weighted by Gasteiger charge is -2.30. The fourth-order valence-corrected chi connectivity index (χ4v) is 4.02. The molecule has 0 saturated heterocycles. The van der Waals surface area contributed by atoms with Crippen molar-refractivity contribution in [3.63, 3.8) is 0 Å². The molecule has 0 unspecified atom stereocenters. The van der Waals surface area contributed by atoms with Crippen molar-refractivity contribution in [2.24, 2.45) is 23.7 Å². The van der Waals surface area contributed by atoms with Crippen LogP contribution in [0.5, 0.6) is 0 Å². The van der Waals surface area contributed by atoms with E-state index in [-0.39, 0.29) is 0 Å². The second-order valence-corrected chi connectivity index (χ2v) is 5.81. The van der Waals surface area contributed by atoms with Crippen LogP contribution < -0.4 is 11.1 Å². The predicted molar refractivity (Wildman–Crippen MR) is 74.2 cm³/mol. The van der Waals surface area contributed by atoms with E-state index in [0.29, 0.717) is 18.4 Å². The van der Waals surface area contributed by atoms with Gasteiger partial charge in [0, 0.05) is 13.2 Å². The second kappa shape index (κ2) is 4.81. The highest BCUT2D eigenvalue weighted by atomic mass is 16.3. The highest BCUT2D eigenvalue weighted by Gasteiger charge is 2.46. The van der Waals surface area contributed by atoms with E-state index in [1.807, 2.05) is 24.3 Å². The van der Waals surface area contributed by atoms with E-state index < -0.39 is 0 Å². The van der Waals surface area contributed by atoms with Gasteiger partial charge in [-0.25, -0.2) is 0 Å². The molecule has 0 heterocycles. The molecule has 4 N–H and O–H groups in total. The molecule has 2 saturated carbocycles. The number of nitrogens with two attached hydrogens (primary N) is 1. The third kappa shape index (κ3) is 1.97. The van der Waals surface area contributed by atoms with Gasteiger partial charge < -0.3 is 16.2 Å². The molecule has 3 heteroatoms. The number of hydrogen-bond acceptors (Lipinski definition) is 3. The fraction of sp³-hybridized carbons (Fsp3) is 0.600. The van der Waals surface area contributed by atoms with Gasteiger partial charge in [0.15, 0.2) is 0 Å². The lowest BCUT2D eigenvalue weighted by atomic mass is 9.79. The van der Waals surface area contributed by atoms with Gasteiger partial charge in [-0.3, -0.25) is 0 Å². The maximum atomic E-state index is 9.56. The van der Waals surface area contributed by atoms with Crippen molar-refractivity contribution in [2.45, 2.75) is 19.3 Å². The third-order valence-corrected chi connectivity index (χ3v) is 4.97. The van der Waals surface area contributed by atoms with E-state index in [1.165, 1.54) is 19.3 Å². The maximum Gasteiger partial charge on any atom is 0.0574 e. The summed E-state index contributed by atoms with van der Waals surface area (Å²) in [6, 6.07) is 7.90. The lowest BCUT2D eigenvalue weighted by molar-refractivity contribution is 0.131. The van der Waals surface area contributed by atoms with Gasteiger partial charge in [-0.1, -0.05) is 12.1 Å². The molecule has 0 radical (unpaired) electrons. The van der Waals surface area contributed by atoms with Gasteiger partial charge >= 0.3 is 0 Å². The molecule has 0 aliphatic heterocycles. The third-order valence-electron chi connectivity index (χ3n) is 4.97. The average Bonchev–Trinajstić information content (AvgIpc) is 2.98. The van der Waals surface area contributed by atoms with Crippen LogP contribution >= 0.6 is 0 Å². The van der Waals surface area contributed by atoms with Crippen LogP contribution in [0.25, 0.3) is 0 Å². The zero-order valence-corrected chi connectivity index (χ0v) is 10.7. The molecule has 2 aliphatic carbocycles. The van der Waals surface area contributed by atoms with Gasteiger partial charge in [-0.15, -0.1) is 0 Å². The minimum atomic E-state index is 0.345. The maximum absolute atomic E-state index is 9.56. The van der Waals surface area contributed by atoms with Gasteiger partial charge in [-0.05, 0) is 55.1 Å². The average molecular weight is 246 g/mol. The highest BCUT2D eigenvalue weighted by molar-refractivity contribution is 5.65. The van der Waals surface area contributed by atoms with Crippen molar-refractivity contribution in [1.29, 1.82) is 0 Å². The van der Waals surface area contributed by atoms with E-state index in [4.69, 9.17) is 5.73 Å². The number of anilines is 2. The summed E-state index contributed by atoms with van der Waals surface area (Å²) in [4.78, 5) is 0. The Balaban J connectivity index is 1.65. The first-order valence-electron chi connectivity index (χ1n) is 6.99. The summed E-state index contributed by atoms with van der Waals surface area (Å²) in [7, 11) is 0. The van der Waals surface area contributed by atoms with Crippen molar-refractivity contribution in [1.82, 2.24) is 0 Å². The number of nitrogens with one attached hydrogen (secondary N) is 1. The zero-order chi connectivity index (χ0) is 12.5. The monoisotopic (exact) mass is 246 g/mol.